The highest BCUT2D eigenvalue weighted by Crippen LogP contribution is 2.72. The van der Waals surface area contributed by atoms with Crippen molar-refractivity contribution < 1.29 is 10.2 Å². The van der Waals surface area contributed by atoms with Crippen LogP contribution >= 0.6 is 23.2 Å². The standard InChI is InChI=1S/C10H14Cl2O2/c11-9-3-1-5(13)7(9)8-6(14)2-4-10(8,9)12/h5-8,13-14H,1-4H2. The van der Waals surface area contributed by atoms with Crippen LogP contribution in [0.2, 0.25) is 0 Å². The highest BCUT2D eigenvalue weighted by Gasteiger charge is 2.77. The number of aliphatic hydroxyl groups excluding tert-OH is 2. The Morgan fingerprint density at radius 1 is 0.857 bits per heavy atom. The molecule has 6 atom stereocenters. The number of aliphatic hydroxyl groups is 2. The van der Waals surface area contributed by atoms with Crippen LogP contribution in [0.5, 0.6) is 0 Å². The van der Waals surface area contributed by atoms with E-state index >= 15 is 0 Å². The smallest absolute Gasteiger partial charge is 0.0699 e. The van der Waals surface area contributed by atoms with Crippen molar-refractivity contribution in [3.05, 3.63) is 0 Å². The second kappa shape index (κ2) is 2.60. The molecule has 0 heterocycles. The maximum Gasteiger partial charge on any atom is 0.0699 e. The van der Waals surface area contributed by atoms with Crippen molar-refractivity contribution in [3.63, 3.8) is 0 Å². The largest absolute Gasteiger partial charge is 0.393 e. The summed E-state index contributed by atoms with van der Waals surface area (Å²) < 4.78 is 0. The lowest BCUT2D eigenvalue weighted by Crippen LogP contribution is -2.69. The van der Waals surface area contributed by atoms with Crippen molar-refractivity contribution in [2.75, 3.05) is 0 Å². The second-order valence-electron chi connectivity index (χ2n) is 4.99. The second-order valence-corrected chi connectivity index (χ2v) is 6.34. The normalized spacial score (nSPS) is 66.0. The minimum atomic E-state index is -0.448. The van der Waals surface area contributed by atoms with Crippen LogP contribution in [0, 0.1) is 11.8 Å². The van der Waals surface area contributed by atoms with Gasteiger partial charge in [0.2, 0.25) is 0 Å². The van der Waals surface area contributed by atoms with Crippen LogP contribution in [0.4, 0.5) is 0 Å². The van der Waals surface area contributed by atoms with E-state index in [-0.39, 0.29) is 24.0 Å². The van der Waals surface area contributed by atoms with Crippen LogP contribution in [0.3, 0.4) is 0 Å². The molecule has 0 aliphatic heterocycles. The molecule has 0 spiro atoms. The fourth-order valence-corrected chi connectivity index (χ4v) is 5.16. The first kappa shape index (κ1) is 9.71. The molecule has 2 nitrogen and oxygen atoms in total. The molecule has 0 radical (unpaired) electrons. The minimum absolute atomic E-state index is 0.0131. The molecule has 6 unspecified atom stereocenters. The van der Waals surface area contributed by atoms with E-state index in [1.165, 1.54) is 0 Å². The average Bonchev–Trinajstić information content (AvgIpc) is 2.53. The Hall–Kier alpha value is 0.500. The highest BCUT2D eigenvalue weighted by molar-refractivity contribution is 6.37. The molecular formula is C10H14Cl2O2. The van der Waals surface area contributed by atoms with Crippen LogP contribution in [0.15, 0.2) is 0 Å². The van der Waals surface area contributed by atoms with E-state index in [1.807, 2.05) is 0 Å². The van der Waals surface area contributed by atoms with Crippen molar-refractivity contribution in [1.29, 1.82) is 0 Å². The van der Waals surface area contributed by atoms with Gasteiger partial charge in [-0.25, -0.2) is 0 Å². The van der Waals surface area contributed by atoms with Crippen molar-refractivity contribution in [2.24, 2.45) is 11.8 Å². The number of halogens is 2. The quantitative estimate of drug-likeness (QED) is 0.627. The summed E-state index contributed by atoms with van der Waals surface area (Å²) in [5.41, 5.74) is 0. The Kier molecular flexibility index (Phi) is 1.80. The zero-order valence-corrected chi connectivity index (χ0v) is 9.30. The molecular weight excluding hydrogens is 223 g/mol. The SMILES string of the molecule is OC1CCC2(Cl)C1C1C(O)CCC12Cl. The zero-order valence-electron chi connectivity index (χ0n) is 7.79. The number of rotatable bonds is 0. The lowest BCUT2D eigenvalue weighted by atomic mass is 9.57. The van der Waals surface area contributed by atoms with Gasteiger partial charge in [0.05, 0.1) is 22.0 Å². The van der Waals surface area contributed by atoms with Crippen molar-refractivity contribution in [3.8, 4) is 0 Å². The maximum absolute atomic E-state index is 9.81. The van der Waals surface area contributed by atoms with Gasteiger partial charge in [0.15, 0.2) is 0 Å². The highest BCUT2D eigenvalue weighted by atomic mass is 35.5. The van der Waals surface area contributed by atoms with Gasteiger partial charge in [-0.1, -0.05) is 0 Å². The first-order valence-corrected chi connectivity index (χ1v) is 6.00. The third kappa shape index (κ3) is 0.799. The molecule has 0 saturated heterocycles. The number of fused-ring (bicyclic) bond motifs is 4. The fourth-order valence-electron chi connectivity index (χ4n) is 3.94. The summed E-state index contributed by atoms with van der Waals surface area (Å²) in [6, 6.07) is 0. The van der Waals surface area contributed by atoms with E-state index in [2.05, 4.69) is 0 Å². The molecule has 3 aliphatic rings. The first-order chi connectivity index (χ1) is 6.51. The van der Waals surface area contributed by atoms with Crippen LogP contribution in [-0.4, -0.2) is 32.2 Å². The Morgan fingerprint density at radius 3 is 1.57 bits per heavy atom. The van der Waals surface area contributed by atoms with Crippen molar-refractivity contribution >= 4 is 23.2 Å². The predicted molar refractivity (Wildman–Crippen MR) is 54.6 cm³/mol. The Morgan fingerprint density at radius 2 is 1.21 bits per heavy atom. The van der Waals surface area contributed by atoms with Crippen LogP contribution in [-0.2, 0) is 0 Å². The number of hydrogen-bond donors (Lipinski definition) is 2. The summed E-state index contributed by atoms with van der Waals surface area (Å²) in [6.07, 6.45) is 2.30. The number of hydrogen-bond acceptors (Lipinski definition) is 2. The van der Waals surface area contributed by atoms with E-state index in [0.717, 1.165) is 25.7 Å². The summed E-state index contributed by atoms with van der Waals surface area (Å²) in [5, 5.41) is 19.6. The monoisotopic (exact) mass is 236 g/mol. The van der Waals surface area contributed by atoms with E-state index in [1.54, 1.807) is 0 Å². The maximum atomic E-state index is 9.81. The molecule has 3 rings (SSSR count). The van der Waals surface area contributed by atoms with Gasteiger partial charge in [-0.05, 0) is 25.7 Å². The van der Waals surface area contributed by atoms with Gasteiger partial charge in [0.25, 0.3) is 0 Å². The van der Waals surface area contributed by atoms with Crippen molar-refractivity contribution in [2.45, 2.75) is 47.6 Å². The molecule has 80 valence electrons. The third-order valence-corrected chi connectivity index (χ3v) is 6.22. The first-order valence-electron chi connectivity index (χ1n) is 5.25. The minimum Gasteiger partial charge on any atom is -0.393 e. The van der Waals surface area contributed by atoms with Gasteiger partial charge in [-0.15, -0.1) is 23.2 Å². The topological polar surface area (TPSA) is 40.5 Å². The van der Waals surface area contributed by atoms with Gasteiger partial charge in [0, 0.05) is 11.8 Å². The lowest BCUT2D eigenvalue weighted by Gasteiger charge is -2.59. The number of alkyl halides is 2. The van der Waals surface area contributed by atoms with Gasteiger partial charge in [-0.2, -0.15) is 0 Å². The molecule has 3 fully saturated rings. The molecule has 3 aliphatic carbocycles. The predicted octanol–water partition coefficient (Wildman–Crippen LogP) is 1.50. The van der Waals surface area contributed by atoms with E-state index < -0.39 is 9.75 Å². The van der Waals surface area contributed by atoms with Gasteiger partial charge in [-0.3, -0.25) is 0 Å². The van der Waals surface area contributed by atoms with Crippen LogP contribution in [0.1, 0.15) is 25.7 Å². The zero-order chi connectivity index (χ0) is 10.1. The summed E-state index contributed by atoms with van der Waals surface area (Å²) in [5.74, 6) is 0.0262. The third-order valence-electron chi connectivity index (χ3n) is 4.57. The average molecular weight is 237 g/mol. The molecule has 0 aromatic carbocycles. The Balaban J connectivity index is 2.00. The molecule has 2 N–H and O–H groups in total. The lowest BCUT2D eigenvalue weighted by molar-refractivity contribution is -0.0511. The molecule has 14 heavy (non-hydrogen) atoms. The Bertz CT molecular complexity index is 257. The molecule has 0 amide bonds. The summed E-state index contributed by atoms with van der Waals surface area (Å²) in [7, 11) is 0. The van der Waals surface area contributed by atoms with E-state index in [4.69, 9.17) is 23.2 Å². The van der Waals surface area contributed by atoms with Crippen LogP contribution in [0.25, 0.3) is 0 Å². The molecule has 0 bridgehead atoms. The molecule has 3 saturated carbocycles. The molecule has 4 heteroatoms. The summed E-state index contributed by atoms with van der Waals surface area (Å²) in [4.78, 5) is -0.897. The van der Waals surface area contributed by atoms with Crippen LogP contribution < -0.4 is 0 Å². The summed E-state index contributed by atoms with van der Waals surface area (Å²) >= 11 is 13.0. The van der Waals surface area contributed by atoms with Gasteiger partial charge in [0.1, 0.15) is 0 Å². The van der Waals surface area contributed by atoms with Gasteiger partial charge >= 0.3 is 0 Å². The van der Waals surface area contributed by atoms with E-state index in [9.17, 15) is 10.2 Å². The molecule has 0 aromatic heterocycles. The van der Waals surface area contributed by atoms with E-state index in [0.29, 0.717) is 0 Å². The fraction of sp³-hybridized carbons (Fsp3) is 1.00. The Labute approximate surface area is 93.2 Å². The molecule has 0 aromatic rings. The van der Waals surface area contributed by atoms with Crippen molar-refractivity contribution in [1.82, 2.24) is 0 Å². The summed E-state index contributed by atoms with van der Waals surface area (Å²) in [6.45, 7) is 0. The van der Waals surface area contributed by atoms with Gasteiger partial charge < -0.3 is 10.2 Å².